The minimum atomic E-state index is 0.922. The molecule has 1 aliphatic carbocycles. The Morgan fingerprint density at radius 3 is 3.18 bits per heavy atom. The second-order valence-corrected chi connectivity index (χ2v) is 5.74. The van der Waals surface area contributed by atoms with E-state index in [0.29, 0.717) is 0 Å². The van der Waals surface area contributed by atoms with Gasteiger partial charge in [-0.3, -0.25) is 0 Å². The third kappa shape index (κ3) is 3.93. The zero-order chi connectivity index (χ0) is 11.9. The van der Waals surface area contributed by atoms with Crippen LogP contribution < -0.4 is 5.32 Å². The predicted molar refractivity (Wildman–Crippen MR) is 75.2 cm³/mol. The number of nitrogens with zero attached hydrogens (tertiary/aromatic N) is 1. The molecule has 1 heterocycles. The van der Waals surface area contributed by atoms with Crippen LogP contribution in [-0.2, 0) is 6.54 Å². The molecular formula is C14H22N2S. The third-order valence-corrected chi connectivity index (χ3v) is 4.19. The highest BCUT2D eigenvalue weighted by molar-refractivity contribution is 7.12. The minimum Gasteiger partial charge on any atom is -0.310 e. The van der Waals surface area contributed by atoms with Gasteiger partial charge < -0.3 is 5.32 Å². The topological polar surface area (TPSA) is 24.9 Å². The Bertz CT molecular complexity index is 368. The molecule has 0 bridgehead atoms. The Balaban J connectivity index is 1.94. The summed E-state index contributed by atoms with van der Waals surface area (Å²) in [6, 6.07) is 0. The van der Waals surface area contributed by atoms with E-state index in [1.165, 1.54) is 54.0 Å². The smallest absolute Gasteiger partial charge is 0.107 e. The van der Waals surface area contributed by atoms with E-state index < -0.39 is 0 Å². The lowest BCUT2D eigenvalue weighted by Gasteiger charge is -2.00. The van der Waals surface area contributed by atoms with Crippen molar-refractivity contribution in [3.63, 3.8) is 0 Å². The van der Waals surface area contributed by atoms with Crippen LogP contribution in [0, 0.1) is 0 Å². The van der Waals surface area contributed by atoms with Crippen LogP contribution in [-0.4, -0.2) is 11.5 Å². The van der Waals surface area contributed by atoms with Crippen molar-refractivity contribution in [1.82, 2.24) is 10.3 Å². The second-order valence-electron chi connectivity index (χ2n) is 4.62. The largest absolute Gasteiger partial charge is 0.310 e. The van der Waals surface area contributed by atoms with Crippen LogP contribution in [0.25, 0.3) is 5.57 Å². The molecule has 3 heteroatoms. The second kappa shape index (κ2) is 6.92. The van der Waals surface area contributed by atoms with Crippen molar-refractivity contribution >= 4 is 16.9 Å². The van der Waals surface area contributed by atoms with Gasteiger partial charge in [-0.05, 0) is 44.2 Å². The van der Waals surface area contributed by atoms with E-state index in [1.807, 2.05) is 11.3 Å². The zero-order valence-electron chi connectivity index (χ0n) is 10.7. The first-order chi connectivity index (χ1) is 8.40. The molecule has 0 saturated heterocycles. The van der Waals surface area contributed by atoms with Crippen LogP contribution in [0.2, 0.25) is 0 Å². The average molecular weight is 250 g/mol. The summed E-state index contributed by atoms with van der Waals surface area (Å²) in [5.41, 5.74) is 1.53. The third-order valence-electron chi connectivity index (χ3n) is 3.11. The van der Waals surface area contributed by atoms with Gasteiger partial charge in [-0.25, -0.2) is 4.98 Å². The lowest BCUT2D eigenvalue weighted by atomic mass is 10.1. The van der Waals surface area contributed by atoms with Crippen molar-refractivity contribution in [3.05, 3.63) is 22.2 Å². The maximum atomic E-state index is 4.51. The molecule has 0 fully saturated rings. The van der Waals surface area contributed by atoms with Gasteiger partial charge in [0.15, 0.2) is 0 Å². The molecule has 0 radical (unpaired) electrons. The number of aromatic nitrogens is 1. The molecule has 0 unspecified atom stereocenters. The highest BCUT2D eigenvalue weighted by Crippen LogP contribution is 2.29. The van der Waals surface area contributed by atoms with Gasteiger partial charge in [0.2, 0.25) is 0 Å². The van der Waals surface area contributed by atoms with Gasteiger partial charge in [0.1, 0.15) is 5.01 Å². The summed E-state index contributed by atoms with van der Waals surface area (Å²) in [6.45, 7) is 4.19. The van der Waals surface area contributed by atoms with Crippen LogP contribution in [0.4, 0.5) is 0 Å². The Hall–Kier alpha value is -0.670. The standard InChI is InChI=1S/C14H22N2S/c1-2-9-15-11-14-16-10-13(17-14)12-7-5-3-4-6-8-12/h7,10,15H,2-6,8-9,11H2,1H3. The zero-order valence-corrected chi connectivity index (χ0v) is 11.5. The van der Waals surface area contributed by atoms with Crippen LogP contribution >= 0.6 is 11.3 Å². The molecule has 1 aromatic heterocycles. The molecule has 0 amide bonds. The Morgan fingerprint density at radius 2 is 2.29 bits per heavy atom. The minimum absolute atomic E-state index is 0.922. The van der Waals surface area contributed by atoms with Gasteiger partial charge in [-0.15, -0.1) is 11.3 Å². The molecule has 94 valence electrons. The molecule has 1 aliphatic rings. The number of thiazole rings is 1. The van der Waals surface area contributed by atoms with E-state index in [1.54, 1.807) is 0 Å². The lowest BCUT2D eigenvalue weighted by Crippen LogP contribution is -2.13. The highest BCUT2D eigenvalue weighted by Gasteiger charge is 2.09. The number of allylic oxidation sites excluding steroid dienone is 2. The van der Waals surface area contributed by atoms with E-state index >= 15 is 0 Å². The fraction of sp³-hybridized carbons (Fsp3) is 0.643. The molecule has 0 atom stereocenters. The van der Waals surface area contributed by atoms with E-state index in [0.717, 1.165) is 13.1 Å². The Labute approximate surface area is 108 Å². The van der Waals surface area contributed by atoms with E-state index in [4.69, 9.17) is 0 Å². The molecule has 2 rings (SSSR count). The molecular weight excluding hydrogens is 228 g/mol. The summed E-state index contributed by atoms with van der Waals surface area (Å²) >= 11 is 1.86. The van der Waals surface area contributed by atoms with Crippen molar-refractivity contribution < 1.29 is 0 Å². The summed E-state index contributed by atoms with van der Waals surface area (Å²) in [5, 5.41) is 4.63. The van der Waals surface area contributed by atoms with Crippen molar-refractivity contribution in [3.8, 4) is 0 Å². The van der Waals surface area contributed by atoms with Crippen LogP contribution in [0.5, 0.6) is 0 Å². The molecule has 1 N–H and O–H groups in total. The van der Waals surface area contributed by atoms with Gasteiger partial charge in [0.05, 0.1) is 4.88 Å². The molecule has 1 aromatic rings. The van der Waals surface area contributed by atoms with Crippen molar-refractivity contribution in [1.29, 1.82) is 0 Å². The number of hydrogen-bond donors (Lipinski definition) is 1. The first-order valence-corrected chi connectivity index (χ1v) is 7.56. The van der Waals surface area contributed by atoms with Gasteiger partial charge in [0, 0.05) is 12.7 Å². The molecule has 0 spiro atoms. The van der Waals surface area contributed by atoms with Gasteiger partial charge in [-0.1, -0.05) is 19.4 Å². The van der Waals surface area contributed by atoms with E-state index in [9.17, 15) is 0 Å². The Kier molecular flexibility index (Phi) is 5.20. The predicted octanol–water partition coefficient (Wildman–Crippen LogP) is 3.99. The summed E-state index contributed by atoms with van der Waals surface area (Å²) in [7, 11) is 0. The first kappa shape index (κ1) is 12.8. The van der Waals surface area contributed by atoms with Crippen molar-refractivity contribution in [2.75, 3.05) is 6.54 Å². The molecule has 17 heavy (non-hydrogen) atoms. The number of hydrogen-bond acceptors (Lipinski definition) is 3. The van der Waals surface area contributed by atoms with Gasteiger partial charge >= 0.3 is 0 Å². The number of nitrogens with one attached hydrogen (secondary N) is 1. The fourth-order valence-corrected chi connectivity index (χ4v) is 3.11. The number of rotatable bonds is 5. The molecule has 0 aliphatic heterocycles. The summed E-state index contributed by atoms with van der Waals surface area (Å²) < 4.78 is 0. The van der Waals surface area contributed by atoms with Crippen molar-refractivity contribution in [2.24, 2.45) is 0 Å². The van der Waals surface area contributed by atoms with E-state index in [-0.39, 0.29) is 0 Å². The quantitative estimate of drug-likeness (QED) is 0.799. The van der Waals surface area contributed by atoms with Crippen LogP contribution in [0.15, 0.2) is 12.3 Å². The summed E-state index contributed by atoms with van der Waals surface area (Å²) in [5.74, 6) is 0. The van der Waals surface area contributed by atoms with Crippen molar-refractivity contribution in [2.45, 2.75) is 52.0 Å². The van der Waals surface area contributed by atoms with E-state index in [2.05, 4.69) is 29.5 Å². The molecule has 0 saturated carbocycles. The maximum absolute atomic E-state index is 4.51. The summed E-state index contributed by atoms with van der Waals surface area (Å²) in [4.78, 5) is 5.90. The monoisotopic (exact) mass is 250 g/mol. The van der Waals surface area contributed by atoms with Crippen LogP contribution in [0.3, 0.4) is 0 Å². The summed E-state index contributed by atoms with van der Waals surface area (Å²) in [6.07, 6.45) is 12.2. The Morgan fingerprint density at radius 1 is 1.35 bits per heavy atom. The maximum Gasteiger partial charge on any atom is 0.107 e. The van der Waals surface area contributed by atoms with Gasteiger partial charge in [-0.2, -0.15) is 0 Å². The molecule has 0 aromatic carbocycles. The lowest BCUT2D eigenvalue weighted by molar-refractivity contribution is 0.673. The van der Waals surface area contributed by atoms with Crippen LogP contribution in [0.1, 0.15) is 55.3 Å². The SMILES string of the molecule is CCCNCc1ncc(C2=CCCCCC2)s1. The highest BCUT2D eigenvalue weighted by atomic mass is 32.1. The fourth-order valence-electron chi connectivity index (χ4n) is 2.15. The van der Waals surface area contributed by atoms with Gasteiger partial charge in [0.25, 0.3) is 0 Å². The average Bonchev–Trinajstić information content (AvgIpc) is 2.64. The first-order valence-electron chi connectivity index (χ1n) is 6.75. The molecule has 2 nitrogen and oxygen atoms in total. The normalized spacial score (nSPS) is 16.6.